The number of amides is 1. The monoisotopic (exact) mass is 287 g/mol. The molecule has 1 N–H and O–H groups in total. The first kappa shape index (κ1) is 13.5. The number of nitrogens with zero attached hydrogens (tertiary/aromatic N) is 2. The molecule has 0 saturated carbocycles. The molecule has 110 valence electrons. The summed E-state index contributed by atoms with van der Waals surface area (Å²) in [5.74, 6) is 0.909. The third-order valence-corrected chi connectivity index (χ3v) is 3.34. The van der Waals surface area contributed by atoms with Crippen molar-refractivity contribution in [2.45, 2.75) is 13.5 Å². The molecule has 1 aliphatic rings. The van der Waals surface area contributed by atoms with Gasteiger partial charge in [-0.2, -0.15) is 0 Å². The van der Waals surface area contributed by atoms with Crippen molar-refractivity contribution >= 4 is 16.9 Å². The van der Waals surface area contributed by atoms with Crippen molar-refractivity contribution in [3.8, 4) is 0 Å². The van der Waals surface area contributed by atoms with Crippen LogP contribution in [0.1, 0.15) is 5.82 Å². The van der Waals surface area contributed by atoms with Crippen molar-refractivity contribution in [1.82, 2.24) is 14.9 Å². The molecule has 0 aliphatic carbocycles. The van der Waals surface area contributed by atoms with Gasteiger partial charge < -0.3 is 19.4 Å². The lowest BCUT2D eigenvalue weighted by Gasteiger charge is -2.15. The first-order chi connectivity index (χ1) is 10.3. The molecule has 1 aliphatic heterocycles. The molecular weight excluding hydrogens is 270 g/mol. The number of fused-ring (bicyclic) bond motifs is 1. The molecule has 2 heterocycles. The molecule has 0 saturated heterocycles. The van der Waals surface area contributed by atoms with Crippen LogP contribution in [0.3, 0.4) is 0 Å². The maximum absolute atomic E-state index is 11.9. The van der Waals surface area contributed by atoms with Crippen LogP contribution >= 0.6 is 0 Å². The van der Waals surface area contributed by atoms with E-state index >= 15 is 0 Å². The van der Waals surface area contributed by atoms with Crippen LogP contribution in [0.15, 0.2) is 36.3 Å². The summed E-state index contributed by atoms with van der Waals surface area (Å²) in [4.78, 5) is 16.4. The van der Waals surface area contributed by atoms with Gasteiger partial charge in [0.2, 0.25) is 5.76 Å². The Morgan fingerprint density at radius 1 is 1.38 bits per heavy atom. The van der Waals surface area contributed by atoms with Crippen LogP contribution in [0.2, 0.25) is 0 Å². The highest BCUT2D eigenvalue weighted by atomic mass is 16.6. The Morgan fingerprint density at radius 3 is 3.05 bits per heavy atom. The Hall–Kier alpha value is -2.50. The summed E-state index contributed by atoms with van der Waals surface area (Å²) in [5.41, 5.74) is 2.04. The number of aryl methyl sites for hydroxylation is 1. The number of aromatic nitrogens is 2. The molecule has 0 spiro atoms. The summed E-state index contributed by atoms with van der Waals surface area (Å²) in [6, 6.07) is 7.96. The van der Waals surface area contributed by atoms with Gasteiger partial charge in [-0.25, -0.2) is 4.98 Å². The van der Waals surface area contributed by atoms with E-state index in [0.717, 1.165) is 16.9 Å². The van der Waals surface area contributed by atoms with E-state index in [4.69, 9.17) is 9.47 Å². The molecule has 0 atom stereocenters. The molecule has 0 radical (unpaired) electrons. The lowest BCUT2D eigenvalue weighted by molar-refractivity contribution is -0.122. The predicted octanol–water partition coefficient (Wildman–Crippen LogP) is 1.35. The van der Waals surface area contributed by atoms with Crippen molar-refractivity contribution in [3.05, 3.63) is 42.1 Å². The lowest BCUT2D eigenvalue weighted by atomic mass is 10.3. The Balaban J connectivity index is 1.63. The van der Waals surface area contributed by atoms with Gasteiger partial charge in [0.1, 0.15) is 25.3 Å². The fraction of sp³-hybridized carbons (Fsp3) is 0.333. The Kier molecular flexibility index (Phi) is 3.77. The summed E-state index contributed by atoms with van der Waals surface area (Å²) in [6.45, 7) is 4.01. The minimum Gasteiger partial charge on any atom is -0.494 e. The van der Waals surface area contributed by atoms with Crippen molar-refractivity contribution in [2.24, 2.45) is 0 Å². The Labute approximate surface area is 122 Å². The molecule has 1 aromatic carbocycles. The van der Waals surface area contributed by atoms with E-state index in [-0.39, 0.29) is 11.7 Å². The SMILES string of the molecule is Cc1nc2ccccc2n1CCNC(=O)C1=COCCO1. The first-order valence-corrected chi connectivity index (χ1v) is 6.90. The van der Waals surface area contributed by atoms with Gasteiger partial charge in [-0.1, -0.05) is 12.1 Å². The number of ether oxygens (including phenoxy) is 2. The summed E-state index contributed by atoms with van der Waals surface area (Å²) in [5, 5.41) is 2.82. The van der Waals surface area contributed by atoms with Crippen molar-refractivity contribution in [2.75, 3.05) is 19.8 Å². The van der Waals surface area contributed by atoms with Gasteiger partial charge in [0.15, 0.2) is 0 Å². The first-order valence-electron chi connectivity index (χ1n) is 6.90. The molecule has 3 rings (SSSR count). The zero-order chi connectivity index (χ0) is 14.7. The maximum atomic E-state index is 11.9. The van der Waals surface area contributed by atoms with Gasteiger partial charge in [0.25, 0.3) is 5.91 Å². The molecule has 1 aromatic heterocycles. The molecule has 21 heavy (non-hydrogen) atoms. The van der Waals surface area contributed by atoms with Crippen LogP contribution < -0.4 is 5.32 Å². The number of carbonyl (C=O) groups excluding carboxylic acids is 1. The highest BCUT2D eigenvalue weighted by molar-refractivity contribution is 5.91. The van der Waals surface area contributed by atoms with E-state index in [1.807, 2.05) is 31.2 Å². The smallest absolute Gasteiger partial charge is 0.289 e. The number of imidazole rings is 1. The third kappa shape index (κ3) is 2.84. The van der Waals surface area contributed by atoms with E-state index in [1.54, 1.807) is 0 Å². The lowest BCUT2D eigenvalue weighted by Crippen LogP contribution is -2.31. The van der Waals surface area contributed by atoms with Crippen molar-refractivity contribution in [1.29, 1.82) is 0 Å². The second kappa shape index (κ2) is 5.87. The molecule has 2 aromatic rings. The fourth-order valence-electron chi connectivity index (χ4n) is 2.33. The number of benzene rings is 1. The third-order valence-electron chi connectivity index (χ3n) is 3.34. The van der Waals surface area contributed by atoms with Gasteiger partial charge in [0, 0.05) is 13.1 Å². The minimum atomic E-state index is -0.253. The highest BCUT2D eigenvalue weighted by Crippen LogP contribution is 2.14. The van der Waals surface area contributed by atoms with Gasteiger partial charge in [0.05, 0.1) is 11.0 Å². The normalized spacial score (nSPS) is 14.2. The number of carbonyl (C=O) groups is 1. The van der Waals surface area contributed by atoms with Crippen LogP contribution in [0.5, 0.6) is 0 Å². The van der Waals surface area contributed by atoms with E-state index in [2.05, 4.69) is 14.9 Å². The van der Waals surface area contributed by atoms with Crippen LogP contribution in [0, 0.1) is 6.92 Å². The Morgan fingerprint density at radius 2 is 2.24 bits per heavy atom. The molecule has 0 unspecified atom stereocenters. The predicted molar refractivity (Wildman–Crippen MR) is 77.5 cm³/mol. The Bertz CT molecular complexity index is 691. The van der Waals surface area contributed by atoms with Crippen molar-refractivity contribution in [3.63, 3.8) is 0 Å². The largest absolute Gasteiger partial charge is 0.494 e. The summed E-state index contributed by atoms with van der Waals surface area (Å²) < 4.78 is 12.4. The van der Waals surface area contributed by atoms with Gasteiger partial charge >= 0.3 is 0 Å². The molecule has 6 nitrogen and oxygen atoms in total. The zero-order valence-electron chi connectivity index (χ0n) is 11.8. The second-order valence-corrected chi connectivity index (χ2v) is 4.76. The summed E-state index contributed by atoms with van der Waals surface area (Å²) >= 11 is 0. The number of para-hydroxylation sites is 2. The van der Waals surface area contributed by atoms with Crippen LogP contribution in [0.25, 0.3) is 11.0 Å². The second-order valence-electron chi connectivity index (χ2n) is 4.76. The topological polar surface area (TPSA) is 65.4 Å². The number of rotatable bonds is 4. The molecular formula is C15H17N3O3. The molecule has 1 amide bonds. The van der Waals surface area contributed by atoms with Crippen LogP contribution in [-0.4, -0.2) is 35.2 Å². The zero-order valence-corrected chi connectivity index (χ0v) is 11.8. The molecule has 0 fully saturated rings. The van der Waals surface area contributed by atoms with Gasteiger partial charge in [-0.3, -0.25) is 4.79 Å². The van der Waals surface area contributed by atoms with Crippen LogP contribution in [0.4, 0.5) is 0 Å². The number of nitrogens with one attached hydrogen (secondary N) is 1. The average molecular weight is 287 g/mol. The fourth-order valence-corrected chi connectivity index (χ4v) is 2.33. The minimum absolute atomic E-state index is 0.230. The van der Waals surface area contributed by atoms with E-state index < -0.39 is 0 Å². The summed E-state index contributed by atoms with van der Waals surface area (Å²) in [7, 11) is 0. The average Bonchev–Trinajstić information content (AvgIpc) is 2.84. The summed E-state index contributed by atoms with van der Waals surface area (Å²) in [6.07, 6.45) is 1.36. The maximum Gasteiger partial charge on any atom is 0.289 e. The van der Waals surface area contributed by atoms with Gasteiger partial charge in [-0.05, 0) is 19.1 Å². The quantitative estimate of drug-likeness (QED) is 0.922. The highest BCUT2D eigenvalue weighted by Gasteiger charge is 2.14. The van der Waals surface area contributed by atoms with Crippen LogP contribution in [-0.2, 0) is 20.8 Å². The van der Waals surface area contributed by atoms with Crippen molar-refractivity contribution < 1.29 is 14.3 Å². The van der Waals surface area contributed by atoms with E-state index in [0.29, 0.717) is 26.3 Å². The standard InChI is InChI=1S/C15H17N3O3/c1-11-17-12-4-2-3-5-13(12)18(11)7-6-16-15(19)14-10-20-8-9-21-14/h2-5,10H,6-9H2,1H3,(H,16,19). The molecule has 6 heteroatoms. The van der Waals surface area contributed by atoms with E-state index in [1.165, 1.54) is 6.26 Å². The number of hydrogen-bond donors (Lipinski definition) is 1. The van der Waals surface area contributed by atoms with Gasteiger partial charge in [-0.15, -0.1) is 0 Å². The molecule has 0 bridgehead atoms. The number of hydrogen-bond acceptors (Lipinski definition) is 4. The van der Waals surface area contributed by atoms with E-state index in [9.17, 15) is 4.79 Å².